The van der Waals surface area contributed by atoms with Crippen LogP contribution in [0.5, 0.6) is 5.75 Å². The maximum atomic E-state index is 12.1. The Morgan fingerprint density at radius 1 is 1.23 bits per heavy atom. The van der Waals surface area contributed by atoms with Gasteiger partial charge in [-0.15, -0.1) is 0 Å². The molecule has 134 valence electrons. The molecular weight excluding hydrogens is 377 g/mol. The summed E-state index contributed by atoms with van der Waals surface area (Å²) in [5.41, 5.74) is 1.18. The molecule has 26 heavy (non-hydrogen) atoms. The Labute approximate surface area is 160 Å². The molecule has 8 heteroatoms. The summed E-state index contributed by atoms with van der Waals surface area (Å²) in [5.74, 6) is 1.19. The molecule has 1 N–H and O–H groups in total. The molecule has 3 aromatic rings. The second-order valence-electron chi connectivity index (χ2n) is 5.38. The third kappa shape index (κ3) is 4.33. The predicted octanol–water partition coefficient (Wildman–Crippen LogP) is 4.62. The van der Waals surface area contributed by atoms with E-state index in [9.17, 15) is 4.79 Å². The van der Waals surface area contributed by atoms with Crippen LogP contribution in [-0.2, 0) is 11.2 Å². The number of carbonyl (C=O) groups is 1. The molecule has 1 amide bonds. The molecule has 0 fully saturated rings. The number of nitrogens with zero attached hydrogens (tertiary/aromatic N) is 2. The van der Waals surface area contributed by atoms with Gasteiger partial charge < -0.3 is 14.6 Å². The van der Waals surface area contributed by atoms with Gasteiger partial charge in [-0.25, -0.2) is 0 Å². The van der Waals surface area contributed by atoms with E-state index in [1.54, 1.807) is 25.3 Å². The normalized spacial score (nSPS) is 10.6. The van der Waals surface area contributed by atoms with Gasteiger partial charge in [-0.1, -0.05) is 40.5 Å². The Balaban J connectivity index is 1.63. The zero-order valence-electron chi connectivity index (χ0n) is 13.8. The number of para-hydroxylation sites is 1. The minimum Gasteiger partial charge on any atom is -0.496 e. The number of amides is 1. The molecule has 6 nitrogen and oxygen atoms in total. The maximum absolute atomic E-state index is 12.1. The summed E-state index contributed by atoms with van der Waals surface area (Å²) in [6.07, 6.45) is 0.461. The highest BCUT2D eigenvalue weighted by atomic mass is 35.5. The molecule has 0 bridgehead atoms. The first-order valence-corrected chi connectivity index (χ1v) is 8.53. The van der Waals surface area contributed by atoms with Crippen LogP contribution in [0.25, 0.3) is 11.4 Å². The summed E-state index contributed by atoms with van der Waals surface area (Å²) in [4.78, 5) is 16.4. The van der Waals surface area contributed by atoms with Crippen LogP contribution in [0.15, 0.2) is 47.0 Å². The van der Waals surface area contributed by atoms with Crippen LogP contribution in [0.3, 0.4) is 0 Å². The molecular formula is C18H15Cl2N3O3. The molecule has 0 saturated carbocycles. The fraction of sp³-hybridized carbons (Fsp3) is 0.167. The summed E-state index contributed by atoms with van der Waals surface area (Å²) < 4.78 is 10.5. The number of nitrogens with one attached hydrogen (secondary N) is 1. The fourth-order valence-corrected chi connectivity index (χ4v) is 2.66. The topological polar surface area (TPSA) is 77.2 Å². The number of methoxy groups -OCH3 is 1. The zero-order valence-corrected chi connectivity index (χ0v) is 15.3. The first-order chi connectivity index (χ1) is 12.6. The minimum absolute atomic E-state index is 0.163. The Bertz CT molecular complexity index is 928. The lowest BCUT2D eigenvalue weighted by Gasteiger charge is -2.06. The van der Waals surface area contributed by atoms with Gasteiger partial charge in [0.2, 0.25) is 17.6 Å². The fourth-order valence-electron chi connectivity index (χ4n) is 2.32. The number of ether oxygens (including phenoxy) is 1. The summed E-state index contributed by atoms with van der Waals surface area (Å²) in [5, 5.41) is 7.56. The second kappa shape index (κ2) is 8.21. The quantitative estimate of drug-likeness (QED) is 0.662. The Kier molecular flexibility index (Phi) is 5.75. The van der Waals surface area contributed by atoms with Crippen molar-refractivity contribution in [3.63, 3.8) is 0 Å². The van der Waals surface area contributed by atoms with E-state index in [2.05, 4.69) is 15.5 Å². The summed E-state index contributed by atoms with van der Waals surface area (Å²) >= 11 is 11.9. The van der Waals surface area contributed by atoms with E-state index in [0.717, 1.165) is 5.56 Å². The lowest BCUT2D eigenvalue weighted by molar-refractivity contribution is -0.116. The van der Waals surface area contributed by atoms with E-state index in [-0.39, 0.29) is 12.3 Å². The molecule has 3 rings (SSSR count). The van der Waals surface area contributed by atoms with Gasteiger partial charge in [0.25, 0.3) is 0 Å². The number of benzene rings is 2. The van der Waals surface area contributed by atoms with Crippen LogP contribution in [0.1, 0.15) is 12.3 Å². The van der Waals surface area contributed by atoms with Gasteiger partial charge in [0, 0.05) is 17.9 Å². The first kappa shape index (κ1) is 18.2. The average molecular weight is 392 g/mol. The van der Waals surface area contributed by atoms with Gasteiger partial charge in [0.05, 0.1) is 23.4 Å². The average Bonchev–Trinajstić information content (AvgIpc) is 3.12. The molecule has 1 aromatic heterocycles. The van der Waals surface area contributed by atoms with Crippen molar-refractivity contribution in [2.45, 2.75) is 12.8 Å². The van der Waals surface area contributed by atoms with Crippen LogP contribution in [0.2, 0.25) is 10.0 Å². The molecule has 2 aromatic carbocycles. The summed E-state index contributed by atoms with van der Waals surface area (Å²) in [7, 11) is 1.57. The van der Waals surface area contributed by atoms with Gasteiger partial charge in [0.15, 0.2) is 0 Å². The maximum Gasteiger partial charge on any atom is 0.227 e. The number of hydrogen-bond donors (Lipinski definition) is 1. The van der Waals surface area contributed by atoms with Crippen LogP contribution in [0, 0.1) is 0 Å². The van der Waals surface area contributed by atoms with Crippen LogP contribution >= 0.6 is 23.2 Å². The number of carbonyl (C=O) groups excluding carboxylic acids is 1. The molecule has 0 aliphatic carbocycles. The molecule has 0 atom stereocenters. The van der Waals surface area contributed by atoms with Gasteiger partial charge in [-0.3, -0.25) is 4.79 Å². The summed E-state index contributed by atoms with van der Waals surface area (Å²) in [6.45, 7) is 0. The standard InChI is InChI=1S/C18H15Cl2N3O3/c1-25-15-5-3-2-4-12(15)18-22-17(26-23-18)9-8-16(24)21-14-10-11(19)6-7-13(14)20/h2-7,10H,8-9H2,1H3,(H,21,24). The molecule has 0 saturated heterocycles. The van der Waals surface area contributed by atoms with Crippen molar-refractivity contribution in [1.29, 1.82) is 0 Å². The summed E-state index contributed by atoms with van der Waals surface area (Å²) in [6, 6.07) is 12.2. The molecule has 0 aliphatic heterocycles. The number of aromatic nitrogens is 2. The lowest BCUT2D eigenvalue weighted by Crippen LogP contribution is -2.12. The Morgan fingerprint density at radius 2 is 2.04 bits per heavy atom. The molecule has 0 radical (unpaired) electrons. The van der Waals surface area contributed by atoms with E-state index in [0.29, 0.717) is 39.6 Å². The third-order valence-electron chi connectivity index (χ3n) is 3.58. The SMILES string of the molecule is COc1ccccc1-c1noc(CCC(=O)Nc2cc(Cl)ccc2Cl)n1. The van der Waals surface area contributed by atoms with Crippen molar-refractivity contribution in [2.24, 2.45) is 0 Å². The highest BCUT2D eigenvalue weighted by Gasteiger charge is 2.14. The van der Waals surface area contributed by atoms with Crippen LogP contribution in [-0.4, -0.2) is 23.2 Å². The molecule has 0 aliphatic rings. The number of halogens is 2. The number of aryl methyl sites for hydroxylation is 1. The first-order valence-electron chi connectivity index (χ1n) is 7.77. The smallest absolute Gasteiger partial charge is 0.227 e. The van der Waals surface area contributed by atoms with E-state index < -0.39 is 0 Å². The zero-order chi connectivity index (χ0) is 18.5. The van der Waals surface area contributed by atoms with E-state index >= 15 is 0 Å². The number of anilines is 1. The van der Waals surface area contributed by atoms with E-state index in [1.807, 2.05) is 24.3 Å². The number of hydrogen-bond acceptors (Lipinski definition) is 5. The van der Waals surface area contributed by atoms with Crippen molar-refractivity contribution in [3.05, 3.63) is 58.4 Å². The largest absolute Gasteiger partial charge is 0.496 e. The van der Waals surface area contributed by atoms with Crippen LogP contribution < -0.4 is 10.1 Å². The van der Waals surface area contributed by atoms with Crippen molar-refractivity contribution >= 4 is 34.8 Å². The van der Waals surface area contributed by atoms with Crippen molar-refractivity contribution in [1.82, 2.24) is 10.1 Å². The lowest BCUT2D eigenvalue weighted by atomic mass is 10.2. The second-order valence-corrected chi connectivity index (χ2v) is 6.23. The highest BCUT2D eigenvalue weighted by Crippen LogP contribution is 2.27. The van der Waals surface area contributed by atoms with E-state index in [4.69, 9.17) is 32.5 Å². The molecule has 0 unspecified atom stereocenters. The van der Waals surface area contributed by atoms with Crippen molar-refractivity contribution in [2.75, 3.05) is 12.4 Å². The molecule has 1 heterocycles. The van der Waals surface area contributed by atoms with Gasteiger partial charge in [0.1, 0.15) is 5.75 Å². The van der Waals surface area contributed by atoms with Gasteiger partial charge in [-0.2, -0.15) is 4.98 Å². The highest BCUT2D eigenvalue weighted by molar-refractivity contribution is 6.35. The molecule has 0 spiro atoms. The number of rotatable bonds is 6. The van der Waals surface area contributed by atoms with Crippen LogP contribution in [0.4, 0.5) is 5.69 Å². The predicted molar refractivity (Wildman–Crippen MR) is 99.7 cm³/mol. The Hall–Kier alpha value is -2.57. The minimum atomic E-state index is -0.230. The van der Waals surface area contributed by atoms with Gasteiger partial charge >= 0.3 is 0 Å². The third-order valence-corrected chi connectivity index (χ3v) is 4.15. The van der Waals surface area contributed by atoms with E-state index in [1.165, 1.54) is 0 Å². The Morgan fingerprint density at radius 3 is 2.85 bits per heavy atom. The van der Waals surface area contributed by atoms with Crippen molar-refractivity contribution < 1.29 is 14.1 Å². The van der Waals surface area contributed by atoms with Crippen molar-refractivity contribution in [3.8, 4) is 17.1 Å². The van der Waals surface area contributed by atoms with Gasteiger partial charge in [-0.05, 0) is 30.3 Å². The monoisotopic (exact) mass is 391 g/mol.